The Morgan fingerprint density at radius 2 is 1.70 bits per heavy atom. The van der Waals surface area contributed by atoms with Gasteiger partial charge in [0.25, 0.3) is 0 Å². The Labute approximate surface area is 180 Å². The van der Waals surface area contributed by atoms with E-state index in [1.165, 1.54) is 0 Å². The standard InChI is InChI=1S/C24H23ClN4O/c1-15(22-14-26-10-11-27-22)29-23-19-12-17(6-9-21(19)28-13-20(23)25)16-4-7-18(8-5-16)24(2,3)30/h4-15,30H,1-3H3,(H,28,29). The van der Waals surface area contributed by atoms with Crippen molar-refractivity contribution in [2.75, 3.05) is 5.32 Å². The summed E-state index contributed by atoms with van der Waals surface area (Å²) >= 11 is 6.52. The number of rotatable bonds is 5. The van der Waals surface area contributed by atoms with Crippen molar-refractivity contribution >= 4 is 28.2 Å². The largest absolute Gasteiger partial charge is 0.386 e. The first-order valence-corrected chi connectivity index (χ1v) is 10.1. The van der Waals surface area contributed by atoms with Gasteiger partial charge >= 0.3 is 0 Å². The highest BCUT2D eigenvalue weighted by Crippen LogP contribution is 2.35. The maximum Gasteiger partial charge on any atom is 0.0840 e. The highest BCUT2D eigenvalue weighted by molar-refractivity contribution is 6.34. The molecule has 0 bridgehead atoms. The van der Waals surface area contributed by atoms with Crippen LogP contribution in [0.5, 0.6) is 0 Å². The maximum absolute atomic E-state index is 10.2. The van der Waals surface area contributed by atoms with Gasteiger partial charge in [0.1, 0.15) is 0 Å². The minimum absolute atomic E-state index is 0.0727. The molecular formula is C24H23ClN4O. The molecule has 0 amide bonds. The van der Waals surface area contributed by atoms with E-state index in [2.05, 4.69) is 26.3 Å². The first-order valence-electron chi connectivity index (χ1n) is 9.77. The minimum Gasteiger partial charge on any atom is -0.386 e. The highest BCUT2D eigenvalue weighted by Gasteiger charge is 2.16. The summed E-state index contributed by atoms with van der Waals surface area (Å²) in [6.07, 6.45) is 6.73. The molecule has 5 nitrogen and oxygen atoms in total. The third kappa shape index (κ3) is 4.13. The number of nitrogens with one attached hydrogen (secondary N) is 1. The molecule has 0 saturated carbocycles. The van der Waals surface area contributed by atoms with Crippen molar-refractivity contribution in [2.45, 2.75) is 32.4 Å². The normalized spacial score (nSPS) is 12.7. The number of hydrogen-bond acceptors (Lipinski definition) is 5. The molecular weight excluding hydrogens is 396 g/mol. The van der Waals surface area contributed by atoms with E-state index in [1.54, 1.807) is 38.6 Å². The average Bonchev–Trinajstić information content (AvgIpc) is 2.75. The molecule has 6 heteroatoms. The number of halogens is 1. The molecule has 152 valence electrons. The second kappa shape index (κ2) is 8.01. The van der Waals surface area contributed by atoms with Crippen LogP contribution in [0.15, 0.2) is 67.3 Å². The number of benzene rings is 2. The van der Waals surface area contributed by atoms with E-state index in [4.69, 9.17) is 11.6 Å². The average molecular weight is 419 g/mol. The van der Waals surface area contributed by atoms with Gasteiger partial charge in [-0.1, -0.05) is 41.9 Å². The number of fused-ring (bicyclic) bond motifs is 1. The zero-order chi connectivity index (χ0) is 21.3. The Balaban J connectivity index is 1.74. The third-order valence-corrected chi connectivity index (χ3v) is 5.42. The lowest BCUT2D eigenvalue weighted by Crippen LogP contribution is -2.14. The van der Waals surface area contributed by atoms with E-state index >= 15 is 0 Å². The van der Waals surface area contributed by atoms with Gasteiger partial charge in [0, 0.05) is 24.0 Å². The lowest BCUT2D eigenvalue weighted by molar-refractivity contribution is 0.0786. The molecule has 2 N–H and O–H groups in total. The molecule has 2 aromatic heterocycles. The van der Waals surface area contributed by atoms with Crippen LogP contribution in [-0.2, 0) is 5.60 Å². The summed E-state index contributed by atoms with van der Waals surface area (Å²) in [7, 11) is 0. The van der Waals surface area contributed by atoms with Crippen molar-refractivity contribution in [1.29, 1.82) is 0 Å². The predicted molar refractivity (Wildman–Crippen MR) is 122 cm³/mol. The molecule has 0 radical (unpaired) electrons. The van der Waals surface area contributed by atoms with Crippen LogP contribution in [0.2, 0.25) is 5.02 Å². The topological polar surface area (TPSA) is 70.9 Å². The Morgan fingerprint density at radius 1 is 0.967 bits per heavy atom. The number of aromatic nitrogens is 3. The van der Waals surface area contributed by atoms with Gasteiger partial charge in [-0.2, -0.15) is 0 Å². The zero-order valence-corrected chi connectivity index (χ0v) is 17.9. The summed E-state index contributed by atoms with van der Waals surface area (Å²) < 4.78 is 0. The predicted octanol–water partition coefficient (Wildman–Crippen LogP) is 5.75. The van der Waals surface area contributed by atoms with Gasteiger partial charge in [-0.05, 0) is 49.6 Å². The van der Waals surface area contributed by atoms with Crippen LogP contribution in [0.25, 0.3) is 22.0 Å². The van der Waals surface area contributed by atoms with Crippen LogP contribution in [0.1, 0.15) is 38.1 Å². The van der Waals surface area contributed by atoms with Gasteiger partial charge in [-0.25, -0.2) is 0 Å². The lowest BCUT2D eigenvalue weighted by Gasteiger charge is -2.19. The van der Waals surface area contributed by atoms with E-state index in [-0.39, 0.29) is 6.04 Å². The van der Waals surface area contributed by atoms with Gasteiger partial charge in [-0.3, -0.25) is 15.0 Å². The fraction of sp³-hybridized carbons (Fsp3) is 0.208. The van der Waals surface area contributed by atoms with Crippen molar-refractivity contribution in [2.24, 2.45) is 0 Å². The van der Waals surface area contributed by atoms with Gasteiger partial charge in [-0.15, -0.1) is 0 Å². The Bertz CT molecular complexity index is 1170. The quantitative estimate of drug-likeness (QED) is 0.432. The first kappa shape index (κ1) is 20.3. The van der Waals surface area contributed by atoms with Crippen molar-refractivity contribution in [3.63, 3.8) is 0 Å². The molecule has 0 saturated heterocycles. The van der Waals surface area contributed by atoms with Crippen LogP contribution < -0.4 is 5.32 Å². The molecule has 0 aliphatic carbocycles. The molecule has 1 unspecified atom stereocenters. The molecule has 2 heterocycles. The summed E-state index contributed by atoms with van der Waals surface area (Å²) in [6.45, 7) is 5.58. The van der Waals surface area contributed by atoms with Crippen LogP contribution in [0.3, 0.4) is 0 Å². The number of hydrogen-bond donors (Lipinski definition) is 2. The summed E-state index contributed by atoms with van der Waals surface area (Å²) in [5.74, 6) is 0. The van der Waals surface area contributed by atoms with Crippen LogP contribution in [0.4, 0.5) is 5.69 Å². The van der Waals surface area contributed by atoms with Crippen molar-refractivity contribution < 1.29 is 5.11 Å². The molecule has 1 atom stereocenters. The second-order valence-electron chi connectivity index (χ2n) is 7.85. The van der Waals surface area contributed by atoms with Crippen LogP contribution in [-0.4, -0.2) is 20.1 Å². The van der Waals surface area contributed by atoms with E-state index in [1.807, 2.05) is 43.3 Å². The monoisotopic (exact) mass is 418 g/mol. The van der Waals surface area contributed by atoms with Crippen molar-refractivity contribution in [3.8, 4) is 11.1 Å². The van der Waals surface area contributed by atoms with Gasteiger partial charge < -0.3 is 10.4 Å². The van der Waals surface area contributed by atoms with E-state index in [0.29, 0.717) is 5.02 Å². The summed E-state index contributed by atoms with van der Waals surface area (Å²) in [5, 5.41) is 15.1. The molecule has 30 heavy (non-hydrogen) atoms. The Morgan fingerprint density at radius 3 is 2.37 bits per heavy atom. The number of pyridine rings is 1. The van der Waals surface area contributed by atoms with Crippen molar-refractivity contribution in [1.82, 2.24) is 15.0 Å². The second-order valence-corrected chi connectivity index (χ2v) is 8.25. The maximum atomic E-state index is 10.2. The lowest BCUT2D eigenvalue weighted by atomic mass is 9.95. The third-order valence-electron chi connectivity index (χ3n) is 5.13. The van der Waals surface area contributed by atoms with E-state index in [9.17, 15) is 5.11 Å². The van der Waals surface area contributed by atoms with Gasteiger partial charge in [0.05, 0.1) is 39.8 Å². The molecule has 0 aliphatic heterocycles. The zero-order valence-electron chi connectivity index (χ0n) is 17.1. The molecule has 0 spiro atoms. The number of nitrogens with zero attached hydrogens (tertiary/aromatic N) is 3. The van der Waals surface area contributed by atoms with Crippen LogP contribution >= 0.6 is 11.6 Å². The SMILES string of the molecule is CC(Nc1c(Cl)cnc2ccc(-c3ccc(C(C)(C)O)cc3)cc12)c1cnccn1. The Hall–Kier alpha value is -3.02. The highest BCUT2D eigenvalue weighted by atomic mass is 35.5. The van der Waals surface area contributed by atoms with Crippen molar-refractivity contribution in [3.05, 3.63) is 83.5 Å². The summed E-state index contributed by atoms with van der Waals surface area (Å²) in [5.41, 5.74) is 4.60. The van der Waals surface area contributed by atoms with Gasteiger partial charge in [0.15, 0.2) is 0 Å². The van der Waals surface area contributed by atoms with Gasteiger partial charge in [0.2, 0.25) is 0 Å². The molecule has 0 fully saturated rings. The molecule has 4 aromatic rings. The number of anilines is 1. The fourth-order valence-electron chi connectivity index (χ4n) is 3.39. The van der Waals surface area contributed by atoms with E-state index in [0.717, 1.165) is 39.0 Å². The number of aliphatic hydroxyl groups is 1. The van der Waals surface area contributed by atoms with Crippen LogP contribution in [0, 0.1) is 0 Å². The Kier molecular flexibility index (Phi) is 5.41. The van der Waals surface area contributed by atoms with E-state index < -0.39 is 5.60 Å². The summed E-state index contributed by atoms with van der Waals surface area (Å²) in [6, 6.07) is 14.0. The fourth-order valence-corrected chi connectivity index (χ4v) is 3.59. The molecule has 0 aliphatic rings. The minimum atomic E-state index is -0.868. The summed E-state index contributed by atoms with van der Waals surface area (Å²) in [4.78, 5) is 13.0. The molecule has 4 rings (SSSR count). The molecule has 2 aromatic carbocycles. The smallest absolute Gasteiger partial charge is 0.0840 e. The first-order chi connectivity index (χ1) is 14.3.